The van der Waals surface area contributed by atoms with Gasteiger partial charge in [0, 0.05) is 18.4 Å². The Labute approximate surface area is 115 Å². The summed E-state index contributed by atoms with van der Waals surface area (Å²) in [5.74, 6) is 0.968. The molecular formula is C17H23NO. The number of fused-ring (bicyclic) bond motifs is 1. The lowest BCUT2D eigenvalue weighted by molar-refractivity contribution is -0.130. The predicted molar refractivity (Wildman–Crippen MR) is 77.3 cm³/mol. The molecule has 0 radical (unpaired) electrons. The molecule has 2 nitrogen and oxygen atoms in total. The molecule has 19 heavy (non-hydrogen) atoms. The maximum atomic E-state index is 12.7. The van der Waals surface area contributed by atoms with Gasteiger partial charge in [-0.3, -0.25) is 4.79 Å². The molecule has 1 fully saturated rings. The predicted octanol–water partition coefficient (Wildman–Crippen LogP) is 3.07. The molecule has 0 saturated carbocycles. The van der Waals surface area contributed by atoms with Crippen molar-refractivity contribution in [2.24, 2.45) is 5.41 Å². The monoisotopic (exact) mass is 257 g/mol. The molecule has 102 valence electrons. The van der Waals surface area contributed by atoms with E-state index < -0.39 is 0 Å². The Bertz CT molecular complexity index is 474. The summed E-state index contributed by atoms with van der Waals surface area (Å²) in [6.45, 7) is 4.12. The third-order valence-corrected chi connectivity index (χ3v) is 5.13. The second kappa shape index (κ2) is 5.09. The van der Waals surface area contributed by atoms with Crippen molar-refractivity contribution < 1.29 is 4.79 Å². The van der Waals surface area contributed by atoms with Crippen molar-refractivity contribution in [3.63, 3.8) is 0 Å². The molecular weight excluding hydrogens is 234 g/mol. The van der Waals surface area contributed by atoms with E-state index in [1.165, 1.54) is 11.1 Å². The average Bonchev–Trinajstić information content (AvgIpc) is 2.45. The highest BCUT2D eigenvalue weighted by Gasteiger charge is 2.39. The highest BCUT2D eigenvalue weighted by atomic mass is 16.1. The van der Waals surface area contributed by atoms with Gasteiger partial charge in [-0.25, -0.2) is 0 Å². The molecule has 3 rings (SSSR count). The maximum Gasteiger partial charge on any atom is 0.140 e. The molecule has 1 aromatic rings. The van der Waals surface area contributed by atoms with Gasteiger partial charge in [0.1, 0.15) is 5.78 Å². The molecule has 0 bridgehead atoms. The first-order chi connectivity index (χ1) is 9.25. The standard InChI is InChI=1S/C17H23NO/c1-2-17(8-5-9-18-12-17)16(19)11-14-10-13-6-3-4-7-15(13)14/h3-4,6-7,14,18H,2,5,8-12H2,1H3. The van der Waals surface area contributed by atoms with Crippen molar-refractivity contribution in [1.29, 1.82) is 0 Å². The van der Waals surface area contributed by atoms with Crippen molar-refractivity contribution in [1.82, 2.24) is 5.32 Å². The van der Waals surface area contributed by atoms with Crippen LogP contribution in [-0.2, 0) is 11.2 Å². The Morgan fingerprint density at radius 3 is 2.95 bits per heavy atom. The van der Waals surface area contributed by atoms with Crippen LogP contribution in [0.2, 0.25) is 0 Å². The van der Waals surface area contributed by atoms with Crippen LogP contribution in [0.5, 0.6) is 0 Å². The van der Waals surface area contributed by atoms with E-state index >= 15 is 0 Å². The molecule has 1 aliphatic carbocycles. The van der Waals surface area contributed by atoms with E-state index in [4.69, 9.17) is 0 Å². The molecule has 1 aromatic carbocycles. The number of nitrogens with one attached hydrogen (secondary N) is 1. The number of Topliss-reactive ketones (excluding diaryl/α,β-unsaturated/α-hetero) is 1. The fourth-order valence-corrected chi connectivity index (χ4v) is 3.69. The summed E-state index contributed by atoms with van der Waals surface area (Å²) in [6, 6.07) is 8.56. The number of hydrogen-bond donors (Lipinski definition) is 1. The molecule has 2 heteroatoms. The summed E-state index contributed by atoms with van der Waals surface area (Å²) >= 11 is 0. The zero-order valence-electron chi connectivity index (χ0n) is 11.7. The maximum absolute atomic E-state index is 12.7. The topological polar surface area (TPSA) is 29.1 Å². The van der Waals surface area contributed by atoms with Gasteiger partial charge in [0.05, 0.1) is 0 Å². The first-order valence-corrected chi connectivity index (χ1v) is 7.57. The van der Waals surface area contributed by atoms with E-state index in [-0.39, 0.29) is 5.41 Å². The smallest absolute Gasteiger partial charge is 0.140 e. The zero-order chi connectivity index (χ0) is 13.3. The minimum absolute atomic E-state index is 0.0806. The van der Waals surface area contributed by atoms with E-state index in [9.17, 15) is 4.79 Å². The average molecular weight is 257 g/mol. The molecule has 2 aliphatic rings. The molecule has 0 spiro atoms. The van der Waals surface area contributed by atoms with Crippen molar-refractivity contribution in [3.8, 4) is 0 Å². The van der Waals surface area contributed by atoms with E-state index in [1.807, 2.05) is 0 Å². The zero-order valence-corrected chi connectivity index (χ0v) is 11.7. The van der Waals surface area contributed by atoms with Gasteiger partial charge in [-0.05, 0) is 49.3 Å². The Morgan fingerprint density at radius 2 is 2.26 bits per heavy atom. The number of carbonyl (C=O) groups is 1. The van der Waals surface area contributed by atoms with E-state index in [0.717, 1.165) is 45.2 Å². The van der Waals surface area contributed by atoms with Crippen LogP contribution in [0.1, 0.15) is 49.7 Å². The molecule has 1 saturated heterocycles. The Morgan fingerprint density at radius 1 is 1.42 bits per heavy atom. The third-order valence-electron chi connectivity index (χ3n) is 5.13. The second-order valence-electron chi connectivity index (χ2n) is 6.14. The van der Waals surface area contributed by atoms with Crippen LogP contribution < -0.4 is 5.32 Å². The van der Waals surface area contributed by atoms with E-state index in [0.29, 0.717) is 11.7 Å². The SMILES string of the molecule is CCC1(C(=O)CC2Cc3ccccc32)CCCNC1. The number of rotatable bonds is 4. The number of piperidine rings is 1. The lowest BCUT2D eigenvalue weighted by atomic mass is 9.68. The fourth-order valence-electron chi connectivity index (χ4n) is 3.69. The fraction of sp³-hybridized carbons (Fsp3) is 0.588. The van der Waals surface area contributed by atoms with Gasteiger partial charge in [0.25, 0.3) is 0 Å². The lowest BCUT2D eigenvalue weighted by Crippen LogP contribution is -2.45. The Kier molecular flexibility index (Phi) is 3.44. The number of ketones is 1. The summed E-state index contributed by atoms with van der Waals surface area (Å²) < 4.78 is 0. The molecule has 0 amide bonds. The van der Waals surface area contributed by atoms with Crippen LogP contribution >= 0.6 is 0 Å². The van der Waals surface area contributed by atoms with Gasteiger partial charge >= 0.3 is 0 Å². The molecule has 1 aliphatic heterocycles. The minimum Gasteiger partial charge on any atom is -0.316 e. The summed E-state index contributed by atoms with van der Waals surface area (Å²) in [5, 5.41) is 3.42. The number of benzene rings is 1. The Balaban J connectivity index is 1.69. The van der Waals surface area contributed by atoms with E-state index in [2.05, 4.69) is 36.5 Å². The quantitative estimate of drug-likeness (QED) is 0.898. The molecule has 2 unspecified atom stereocenters. The van der Waals surface area contributed by atoms with Gasteiger partial charge < -0.3 is 5.32 Å². The van der Waals surface area contributed by atoms with Crippen LogP contribution in [0.25, 0.3) is 0 Å². The number of carbonyl (C=O) groups excluding carboxylic acids is 1. The van der Waals surface area contributed by atoms with Crippen molar-refractivity contribution >= 4 is 5.78 Å². The van der Waals surface area contributed by atoms with Crippen LogP contribution in [0.4, 0.5) is 0 Å². The summed E-state index contributed by atoms with van der Waals surface area (Å²) in [6.07, 6.45) is 5.03. The molecule has 1 heterocycles. The van der Waals surface area contributed by atoms with Gasteiger partial charge in [0.15, 0.2) is 0 Å². The highest BCUT2D eigenvalue weighted by Crippen LogP contribution is 2.41. The van der Waals surface area contributed by atoms with Crippen LogP contribution in [0.3, 0.4) is 0 Å². The number of hydrogen-bond acceptors (Lipinski definition) is 2. The minimum atomic E-state index is -0.0806. The summed E-state index contributed by atoms with van der Waals surface area (Å²) in [7, 11) is 0. The first-order valence-electron chi connectivity index (χ1n) is 7.57. The third kappa shape index (κ3) is 2.23. The van der Waals surface area contributed by atoms with Crippen molar-refractivity contribution in [2.45, 2.75) is 44.9 Å². The van der Waals surface area contributed by atoms with Crippen molar-refractivity contribution in [3.05, 3.63) is 35.4 Å². The highest BCUT2D eigenvalue weighted by molar-refractivity contribution is 5.86. The van der Waals surface area contributed by atoms with Crippen LogP contribution in [-0.4, -0.2) is 18.9 Å². The van der Waals surface area contributed by atoms with Crippen molar-refractivity contribution in [2.75, 3.05) is 13.1 Å². The Hall–Kier alpha value is -1.15. The normalized spacial score (nSPS) is 29.4. The van der Waals surface area contributed by atoms with Gasteiger partial charge in [-0.15, -0.1) is 0 Å². The second-order valence-corrected chi connectivity index (χ2v) is 6.14. The van der Waals surface area contributed by atoms with Crippen LogP contribution in [0, 0.1) is 5.41 Å². The van der Waals surface area contributed by atoms with Crippen LogP contribution in [0.15, 0.2) is 24.3 Å². The summed E-state index contributed by atoms with van der Waals surface area (Å²) in [5.41, 5.74) is 2.77. The summed E-state index contributed by atoms with van der Waals surface area (Å²) in [4.78, 5) is 12.7. The van der Waals surface area contributed by atoms with Gasteiger partial charge in [0.2, 0.25) is 0 Å². The van der Waals surface area contributed by atoms with E-state index in [1.54, 1.807) is 0 Å². The molecule has 0 aromatic heterocycles. The van der Waals surface area contributed by atoms with Gasteiger partial charge in [-0.2, -0.15) is 0 Å². The first kappa shape index (κ1) is 12.9. The molecule has 1 N–H and O–H groups in total. The lowest BCUT2D eigenvalue weighted by Gasteiger charge is -2.38. The largest absolute Gasteiger partial charge is 0.316 e. The van der Waals surface area contributed by atoms with Gasteiger partial charge in [-0.1, -0.05) is 31.2 Å². The molecule has 2 atom stereocenters.